The molecule has 1 amide bonds. The number of aryl methyl sites for hydroxylation is 1. The van der Waals surface area contributed by atoms with Crippen LogP contribution >= 0.6 is 24.0 Å². The van der Waals surface area contributed by atoms with Crippen molar-refractivity contribution < 1.29 is 9.21 Å². The summed E-state index contributed by atoms with van der Waals surface area (Å²) < 4.78 is 5.12. The van der Waals surface area contributed by atoms with E-state index >= 15 is 0 Å². The molecular weight excluding hydrogens is 383 g/mol. The molecule has 3 N–H and O–H groups in total. The third kappa shape index (κ3) is 6.36. The molecule has 6 nitrogen and oxygen atoms in total. The Balaban J connectivity index is 0.00000400. The number of halogens is 1. The lowest BCUT2D eigenvalue weighted by Gasteiger charge is -2.19. The topological polar surface area (TPSA) is 83.9 Å². The molecule has 1 aromatic rings. The van der Waals surface area contributed by atoms with Gasteiger partial charge < -0.3 is 20.4 Å². The van der Waals surface area contributed by atoms with E-state index in [1.165, 1.54) is 6.26 Å². The second-order valence-electron chi connectivity index (χ2n) is 4.45. The van der Waals surface area contributed by atoms with Crippen LogP contribution < -0.4 is 11.1 Å². The number of rotatable bonds is 7. The van der Waals surface area contributed by atoms with E-state index in [2.05, 4.69) is 10.3 Å². The highest BCUT2D eigenvalue weighted by atomic mass is 127. The van der Waals surface area contributed by atoms with Crippen LogP contribution in [0.2, 0.25) is 0 Å². The van der Waals surface area contributed by atoms with Crippen molar-refractivity contribution in [2.75, 3.05) is 26.2 Å². The second-order valence-corrected chi connectivity index (χ2v) is 4.45. The van der Waals surface area contributed by atoms with Gasteiger partial charge in [0, 0.05) is 31.7 Å². The van der Waals surface area contributed by atoms with Crippen LogP contribution in [0.5, 0.6) is 0 Å². The molecule has 21 heavy (non-hydrogen) atoms. The number of furan rings is 1. The van der Waals surface area contributed by atoms with Gasteiger partial charge in [-0.3, -0.25) is 9.79 Å². The molecule has 0 aliphatic heterocycles. The Bertz CT molecular complexity index is 456. The fourth-order valence-electron chi connectivity index (χ4n) is 1.81. The number of nitrogens with zero attached hydrogens (tertiary/aromatic N) is 2. The van der Waals surface area contributed by atoms with Gasteiger partial charge in [0.05, 0.1) is 6.26 Å². The summed E-state index contributed by atoms with van der Waals surface area (Å²) in [4.78, 5) is 18.0. The number of guanidine groups is 1. The number of hydrogen-bond donors (Lipinski definition) is 2. The van der Waals surface area contributed by atoms with Crippen LogP contribution in [0.4, 0.5) is 0 Å². The van der Waals surface area contributed by atoms with Crippen molar-refractivity contribution in [1.29, 1.82) is 0 Å². The zero-order valence-corrected chi connectivity index (χ0v) is 15.2. The fourth-order valence-corrected chi connectivity index (χ4v) is 1.81. The number of nitrogens with two attached hydrogens (primary N) is 1. The largest absolute Gasteiger partial charge is 0.459 e. The van der Waals surface area contributed by atoms with Crippen LogP contribution in [0.1, 0.15) is 36.4 Å². The molecule has 7 heteroatoms. The van der Waals surface area contributed by atoms with Crippen LogP contribution in [0.15, 0.2) is 21.7 Å². The molecule has 0 fully saturated rings. The highest BCUT2D eigenvalue weighted by Gasteiger charge is 2.11. The first-order valence-electron chi connectivity index (χ1n) is 6.97. The molecule has 1 aromatic heterocycles. The highest BCUT2D eigenvalue weighted by Crippen LogP contribution is 2.07. The molecular formula is C14H25IN4O2. The van der Waals surface area contributed by atoms with E-state index < -0.39 is 0 Å². The standard InChI is InChI=1S/C14H24N4O2.HI/c1-4-18(5-2)14(15)17-9-6-8-16-13(19)12-11(3)7-10-20-12;/h7,10H,4-6,8-9H2,1-3H3,(H2,15,17)(H,16,19);1H. The summed E-state index contributed by atoms with van der Waals surface area (Å²) in [6.07, 6.45) is 2.26. The molecule has 0 aromatic carbocycles. The highest BCUT2D eigenvalue weighted by molar-refractivity contribution is 14.0. The number of carbonyl (C=O) groups excluding carboxylic acids is 1. The SMILES string of the molecule is CCN(CC)C(N)=NCCCNC(=O)c1occc1C.I. The molecule has 1 rings (SSSR count). The van der Waals surface area contributed by atoms with Gasteiger partial charge in [0.15, 0.2) is 11.7 Å². The van der Waals surface area contributed by atoms with Gasteiger partial charge >= 0.3 is 0 Å². The Morgan fingerprint density at radius 3 is 2.62 bits per heavy atom. The maximum Gasteiger partial charge on any atom is 0.287 e. The Kier molecular flexibility index (Phi) is 9.85. The molecule has 0 spiro atoms. The lowest BCUT2D eigenvalue weighted by molar-refractivity contribution is 0.0925. The zero-order chi connectivity index (χ0) is 15.0. The van der Waals surface area contributed by atoms with Crippen molar-refractivity contribution in [2.24, 2.45) is 10.7 Å². The lowest BCUT2D eigenvalue weighted by atomic mass is 10.2. The average Bonchev–Trinajstić information content (AvgIpc) is 2.86. The van der Waals surface area contributed by atoms with Crippen molar-refractivity contribution in [1.82, 2.24) is 10.2 Å². The molecule has 0 atom stereocenters. The lowest BCUT2D eigenvalue weighted by Crippen LogP contribution is -2.37. The smallest absolute Gasteiger partial charge is 0.287 e. The van der Waals surface area contributed by atoms with E-state index in [0.717, 1.165) is 25.1 Å². The summed E-state index contributed by atoms with van der Waals surface area (Å²) in [5.74, 6) is 0.743. The number of carbonyl (C=O) groups is 1. The number of amides is 1. The van der Waals surface area contributed by atoms with Crippen LogP contribution in [-0.4, -0.2) is 42.9 Å². The van der Waals surface area contributed by atoms with E-state index in [-0.39, 0.29) is 29.9 Å². The first-order chi connectivity index (χ1) is 9.60. The first kappa shape index (κ1) is 19.8. The first-order valence-corrected chi connectivity index (χ1v) is 6.97. The average molecular weight is 408 g/mol. The monoisotopic (exact) mass is 408 g/mol. The van der Waals surface area contributed by atoms with Crippen LogP contribution in [0.25, 0.3) is 0 Å². The van der Waals surface area contributed by atoms with E-state index in [4.69, 9.17) is 10.2 Å². The molecule has 0 saturated carbocycles. The maximum atomic E-state index is 11.8. The van der Waals surface area contributed by atoms with Crippen LogP contribution in [-0.2, 0) is 0 Å². The van der Waals surface area contributed by atoms with Gasteiger partial charge in [-0.05, 0) is 33.3 Å². The Morgan fingerprint density at radius 1 is 1.43 bits per heavy atom. The van der Waals surface area contributed by atoms with E-state index in [0.29, 0.717) is 24.8 Å². The summed E-state index contributed by atoms with van der Waals surface area (Å²) >= 11 is 0. The van der Waals surface area contributed by atoms with E-state index in [1.54, 1.807) is 6.07 Å². The molecule has 120 valence electrons. The Morgan fingerprint density at radius 2 is 2.10 bits per heavy atom. The maximum absolute atomic E-state index is 11.8. The summed E-state index contributed by atoms with van der Waals surface area (Å²) in [7, 11) is 0. The molecule has 0 unspecified atom stereocenters. The van der Waals surface area contributed by atoms with Crippen molar-refractivity contribution in [3.8, 4) is 0 Å². The zero-order valence-electron chi connectivity index (χ0n) is 12.9. The summed E-state index contributed by atoms with van der Waals surface area (Å²) in [5.41, 5.74) is 6.69. The predicted molar refractivity (Wildman–Crippen MR) is 95.2 cm³/mol. The van der Waals surface area contributed by atoms with Gasteiger partial charge in [0.1, 0.15) is 0 Å². The molecule has 0 aliphatic rings. The molecule has 0 saturated heterocycles. The van der Waals surface area contributed by atoms with E-state index in [9.17, 15) is 4.79 Å². The molecule has 1 heterocycles. The predicted octanol–water partition coefficient (Wildman–Crippen LogP) is 1.98. The quantitative estimate of drug-likeness (QED) is 0.313. The van der Waals surface area contributed by atoms with Crippen molar-refractivity contribution in [3.05, 3.63) is 23.7 Å². The minimum Gasteiger partial charge on any atom is -0.459 e. The Hall–Kier alpha value is -1.25. The van der Waals surface area contributed by atoms with Gasteiger partial charge in [-0.1, -0.05) is 0 Å². The Labute approximate surface area is 143 Å². The van der Waals surface area contributed by atoms with Crippen molar-refractivity contribution in [2.45, 2.75) is 27.2 Å². The van der Waals surface area contributed by atoms with E-state index in [1.807, 2.05) is 25.7 Å². The number of hydrogen-bond acceptors (Lipinski definition) is 3. The van der Waals surface area contributed by atoms with Gasteiger partial charge in [-0.2, -0.15) is 0 Å². The third-order valence-electron chi connectivity index (χ3n) is 3.05. The summed E-state index contributed by atoms with van der Waals surface area (Å²) in [6.45, 7) is 8.76. The van der Waals surface area contributed by atoms with Crippen LogP contribution in [0.3, 0.4) is 0 Å². The minimum absolute atomic E-state index is 0. The fraction of sp³-hybridized carbons (Fsp3) is 0.571. The van der Waals surface area contributed by atoms with Gasteiger partial charge in [-0.15, -0.1) is 24.0 Å². The molecule has 0 radical (unpaired) electrons. The van der Waals surface area contributed by atoms with Gasteiger partial charge in [-0.25, -0.2) is 0 Å². The second kappa shape index (κ2) is 10.5. The molecule has 0 aliphatic carbocycles. The number of aliphatic imine (C=N–C) groups is 1. The van der Waals surface area contributed by atoms with Crippen LogP contribution in [0, 0.1) is 6.92 Å². The summed E-state index contributed by atoms with van der Waals surface area (Å²) in [6, 6.07) is 1.77. The molecule has 0 bridgehead atoms. The minimum atomic E-state index is -0.187. The number of nitrogens with one attached hydrogen (secondary N) is 1. The normalized spacial score (nSPS) is 10.9. The van der Waals surface area contributed by atoms with Gasteiger partial charge in [0.25, 0.3) is 5.91 Å². The van der Waals surface area contributed by atoms with Crippen molar-refractivity contribution >= 4 is 35.8 Å². The van der Waals surface area contributed by atoms with Crippen molar-refractivity contribution in [3.63, 3.8) is 0 Å². The van der Waals surface area contributed by atoms with Gasteiger partial charge in [0.2, 0.25) is 0 Å². The summed E-state index contributed by atoms with van der Waals surface area (Å²) in [5, 5.41) is 2.80. The third-order valence-corrected chi connectivity index (χ3v) is 3.05.